The Hall–Kier alpha value is -7.16. The third-order valence-corrected chi connectivity index (χ3v) is 12.9. The van der Waals surface area contributed by atoms with Crippen LogP contribution in [0.2, 0.25) is 0 Å². The lowest BCUT2D eigenvalue weighted by Crippen LogP contribution is -1.94. The molecule has 0 saturated carbocycles. The zero-order valence-electron chi connectivity index (χ0n) is 32.6. The molecule has 10 aromatic carbocycles. The maximum absolute atomic E-state index is 2.49. The van der Waals surface area contributed by atoms with E-state index in [4.69, 9.17) is 0 Å². The van der Waals surface area contributed by atoms with Gasteiger partial charge in [-0.25, -0.2) is 0 Å². The highest BCUT2D eigenvalue weighted by Gasteiger charge is 2.21. The third kappa shape index (κ3) is 4.66. The summed E-state index contributed by atoms with van der Waals surface area (Å²) in [5.41, 5.74) is 12.7. The van der Waals surface area contributed by atoms with Crippen LogP contribution < -0.4 is 0 Å². The molecule has 0 aliphatic carbocycles. The lowest BCUT2D eigenvalue weighted by atomic mass is 9.83. The van der Waals surface area contributed by atoms with Gasteiger partial charge >= 0.3 is 0 Å². The van der Waals surface area contributed by atoms with Crippen molar-refractivity contribution >= 4 is 86.7 Å². The molecule has 0 aliphatic heterocycles. The zero-order valence-corrected chi connectivity index (χ0v) is 32.6. The number of nitrogens with zero attached hydrogens (tertiary/aromatic N) is 2. The van der Waals surface area contributed by atoms with Gasteiger partial charge < -0.3 is 9.13 Å². The third-order valence-electron chi connectivity index (χ3n) is 12.9. The molecule has 0 spiro atoms. The molecule has 0 aliphatic rings. The van der Waals surface area contributed by atoms with Crippen LogP contribution in [0.25, 0.3) is 120 Å². The summed E-state index contributed by atoms with van der Waals surface area (Å²) in [4.78, 5) is 0. The molecule has 2 heteroatoms. The first-order chi connectivity index (χ1) is 28.7. The predicted octanol–water partition coefficient (Wildman–Crippen LogP) is 15.6. The van der Waals surface area contributed by atoms with E-state index >= 15 is 0 Å². The Morgan fingerprint density at radius 2 is 0.690 bits per heavy atom. The molecule has 0 unspecified atom stereocenters. The van der Waals surface area contributed by atoms with Crippen LogP contribution in [0.5, 0.6) is 0 Å². The van der Waals surface area contributed by atoms with Crippen molar-refractivity contribution in [3.05, 3.63) is 182 Å². The minimum Gasteiger partial charge on any atom is -0.341 e. The van der Waals surface area contributed by atoms with E-state index in [2.05, 4.69) is 205 Å². The van der Waals surface area contributed by atoms with Crippen molar-refractivity contribution in [2.24, 2.45) is 0 Å². The van der Waals surface area contributed by atoms with Crippen molar-refractivity contribution in [1.29, 1.82) is 0 Å². The zero-order chi connectivity index (χ0) is 38.5. The molecule has 0 saturated heterocycles. The largest absolute Gasteiger partial charge is 0.341 e. The number of hydrogen-bond donors (Lipinski definition) is 0. The molecule has 2 aromatic heterocycles. The van der Waals surface area contributed by atoms with Crippen molar-refractivity contribution in [3.63, 3.8) is 0 Å². The summed E-state index contributed by atoms with van der Waals surface area (Å²) in [7, 11) is 0. The maximum atomic E-state index is 2.49. The number of benzene rings is 10. The van der Waals surface area contributed by atoms with E-state index in [0.29, 0.717) is 0 Å². The summed E-state index contributed by atoms with van der Waals surface area (Å²) < 4.78 is 4.88. The van der Waals surface area contributed by atoms with Crippen LogP contribution in [0.15, 0.2) is 182 Å². The fourth-order valence-electron chi connectivity index (χ4n) is 10.3. The summed E-state index contributed by atoms with van der Waals surface area (Å²) in [6.45, 7) is 6.34. The average Bonchev–Trinajstić information content (AvgIpc) is 3.78. The Balaban J connectivity index is 1.22. The van der Waals surface area contributed by atoms with Gasteiger partial charge in [0, 0.05) is 56.7 Å². The molecule has 58 heavy (non-hydrogen) atoms. The molecule has 12 rings (SSSR count). The van der Waals surface area contributed by atoms with E-state index in [-0.39, 0.29) is 0 Å². The minimum atomic E-state index is 0.930. The van der Waals surface area contributed by atoms with E-state index in [9.17, 15) is 0 Å². The molecule has 0 fully saturated rings. The van der Waals surface area contributed by atoms with Crippen LogP contribution in [0, 0.1) is 0 Å². The molecule has 12 aromatic rings. The lowest BCUT2D eigenvalue weighted by Gasteiger charge is -2.20. The highest BCUT2D eigenvalue weighted by atomic mass is 15.0. The Bertz CT molecular complexity index is 3420. The van der Waals surface area contributed by atoms with E-state index in [1.54, 1.807) is 0 Å². The number of aromatic nitrogens is 2. The van der Waals surface area contributed by atoms with Crippen LogP contribution >= 0.6 is 0 Å². The Labute approximate surface area is 336 Å². The monoisotopic (exact) mass is 740 g/mol. The number of rotatable bonds is 5. The second kappa shape index (κ2) is 12.7. The highest BCUT2D eigenvalue weighted by molar-refractivity contribution is 6.26. The van der Waals surface area contributed by atoms with Crippen molar-refractivity contribution < 1.29 is 0 Å². The van der Waals surface area contributed by atoms with Gasteiger partial charge in [0.2, 0.25) is 0 Å². The van der Waals surface area contributed by atoms with Crippen molar-refractivity contribution in [1.82, 2.24) is 9.13 Å². The van der Waals surface area contributed by atoms with Crippen LogP contribution in [0.1, 0.15) is 13.8 Å². The highest BCUT2D eigenvalue weighted by Crippen LogP contribution is 2.48. The Kier molecular flexibility index (Phi) is 7.22. The number of fused-ring (bicyclic) bond motifs is 10. The van der Waals surface area contributed by atoms with E-state index in [0.717, 1.165) is 13.1 Å². The normalized spacial score (nSPS) is 12.1. The first-order valence-corrected chi connectivity index (χ1v) is 20.6. The Morgan fingerprint density at radius 3 is 1.17 bits per heavy atom. The Morgan fingerprint density at radius 1 is 0.293 bits per heavy atom. The van der Waals surface area contributed by atoms with Crippen LogP contribution in [-0.2, 0) is 13.1 Å². The van der Waals surface area contributed by atoms with E-state index in [1.165, 1.54) is 120 Å². The quantitative estimate of drug-likeness (QED) is 0.156. The van der Waals surface area contributed by atoms with E-state index < -0.39 is 0 Å². The van der Waals surface area contributed by atoms with Gasteiger partial charge in [0.05, 0.1) is 0 Å². The summed E-state index contributed by atoms with van der Waals surface area (Å²) in [6, 6.07) is 68.5. The number of hydrogen-bond acceptors (Lipinski definition) is 0. The van der Waals surface area contributed by atoms with Crippen molar-refractivity contribution in [2.75, 3.05) is 0 Å². The standard InChI is InChI=1S/C56H40N2/c1-3-57-51-25-11-9-19-43(51)49-32-37(27-29-53(49)57)39-21-13-23-45-47(39)34-48-40(38-28-30-54-50(33-38)44-20-10-12-26-52(44)58(54)4-2)22-14-24-46(48)56(45)55-41-17-7-5-15-35(41)31-36-16-6-8-18-42(36)55/h5-34H,3-4H2,1-2H3. The van der Waals surface area contributed by atoms with Gasteiger partial charge in [-0.05, 0) is 139 Å². The summed E-state index contributed by atoms with van der Waals surface area (Å²) in [5, 5.41) is 15.3. The molecule has 0 atom stereocenters. The summed E-state index contributed by atoms with van der Waals surface area (Å²) in [6.07, 6.45) is 0. The van der Waals surface area contributed by atoms with Crippen LogP contribution in [0.3, 0.4) is 0 Å². The van der Waals surface area contributed by atoms with Gasteiger partial charge in [-0.3, -0.25) is 0 Å². The summed E-state index contributed by atoms with van der Waals surface area (Å²) in [5.74, 6) is 0. The fourth-order valence-corrected chi connectivity index (χ4v) is 10.3. The van der Waals surface area contributed by atoms with Gasteiger partial charge in [0.25, 0.3) is 0 Å². The molecule has 0 radical (unpaired) electrons. The number of aryl methyl sites for hydroxylation is 2. The molecule has 0 amide bonds. The molecular weight excluding hydrogens is 701 g/mol. The van der Waals surface area contributed by atoms with E-state index in [1.807, 2.05) is 0 Å². The van der Waals surface area contributed by atoms with Gasteiger partial charge in [-0.2, -0.15) is 0 Å². The first-order valence-electron chi connectivity index (χ1n) is 20.6. The van der Waals surface area contributed by atoms with Crippen molar-refractivity contribution in [3.8, 4) is 33.4 Å². The molecular formula is C56H40N2. The van der Waals surface area contributed by atoms with Crippen molar-refractivity contribution in [2.45, 2.75) is 26.9 Å². The number of para-hydroxylation sites is 2. The molecule has 274 valence electrons. The lowest BCUT2D eigenvalue weighted by molar-refractivity contribution is 0.827. The molecule has 0 bridgehead atoms. The molecule has 2 heterocycles. The van der Waals surface area contributed by atoms with Gasteiger partial charge in [-0.1, -0.05) is 133 Å². The smallest absolute Gasteiger partial charge is 0.0491 e. The van der Waals surface area contributed by atoms with Gasteiger partial charge in [-0.15, -0.1) is 0 Å². The molecule has 2 nitrogen and oxygen atoms in total. The fraction of sp³-hybridized carbons (Fsp3) is 0.0714. The SMILES string of the molecule is CCn1c2ccccc2c2cc(-c3cccc4c(-c5c6ccccc6cc6ccccc56)c5cccc(-c6ccc7c(c6)c6ccccc6n7CC)c5cc34)ccc21. The predicted molar refractivity (Wildman–Crippen MR) is 250 cm³/mol. The topological polar surface area (TPSA) is 9.86 Å². The first kappa shape index (κ1) is 33.0. The maximum Gasteiger partial charge on any atom is 0.0491 e. The minimum absolute atomic E-state index is 0.930. The second-order valence-electron chi connectivity index (χ2n) is 15.7. The summed E-state index contributed by atoms with van der Waals surface area (Å²) >= 11 is 0. The average molecular weight is 741 g/mol. The van der Waals surface area contributed by atoms with Crippen LogP contribution in [0.4, 0.5) is 0 Å². The van der Waals surface area contributed by atoms with Crippen LogP contribution in [-0.4, -0.2) is 9.13 Å². The second-order valence-corrected chi connectivity index (χ2v) is 15.7. The van der Waals surface area contributed by atoms with Gasteiger partial charge in [0.1, 0.15) is 0 Å². The molecule has 0 N–H and O–H groups in total. The van der Waals surface area contributed by atoms with Gasteiger partial charge in [0.15, 0.2) is 0 Å².